The maximum atomic E-state index is 12.5. The monoisotopic (exact) mass is 347 g/mol. The van der Waals surface area contributed by atoms with E-state index in [2.05, 4.69) is 10.3 Å². The molecule has 1 unspecified atom stereocenters. The Kier molecular flexibility index (Phi) is 5.57. The fraction of sp³-hybridized carbons (Fsp3) is 0.750. The molecule has 136 valence electrons. The zero-order valence-electron chi connectivity index (χ0n) is 14.2. The molecule has 1 aromatic rings. The summed E-state index contributed by atoms with van der Waals surface area (Å²) in [5.41, 5.74) is -0.170. The number of carbonyl (C=O) groups excluding carboxylic acids is 1. The minimum atomic E-state index is -4.24. The van der Waals surface area contributed by atoms with Crippen molar-refractivity contribution < 1.29 is 22.4 Å². The van der Waals surface area contributed by atoms with Gasteiger partial charge in [0.1, 0.15) is 5.76 Å². The summed E-state index contributed by atoms with van der Waals surface area (Å²) in [5, 5.41) is 2.71. The van der Waals surface area contributed by atoms with Gasteiger partial charge in [-0.05, 0) is 19.4 Å². The van der Waals surface area contributed by atoms with E-state index in [9.17, 15) is 18.0 Å². The van der Waals surface area contributed by atoms with Gasteiger partial charge in [-0.3, -0.25) is 9.69 Å². The Hall–Kier alpha value is -1.57. The molecule has 0 aromatic carbocycles. The van der Waals surface area contributed by atoms with Crippen LogP contribution in [0.2, 0.25) is 0 Å². The minimum Gasteiger partial charge on any atom is -0.443 e. The van der Waals surface area contributed by atoms with Gasteiger partial charge < -0.3 is 9.73 Å². The number of oxazole rings is 1. The summed E-state index contributed by atoms with van der Waals surface area (Å²) in [6, 6.07) is 0. The Bertz CT molecular complexity index is 564. The topological polar surface area (TPSA) is 58.4 Å². The standard InChI is InChI=1S/C16H24F3N3O2/c1-15(2,3)12-7-20-13(24-12)8-21-14(23)11-5-4-6-22(9-11)10-16(17,18)19/h7,11H,4-6,8-10H2,1-3H3,(H,21,23). The SMILES string of the molecule is CC(C)(C)c1cnc(CNC(=O)C2CCCN(CC(F)(F)F)C2)o1. The summed E-state index contributed by atoms with van der Waals surface area (Å²) >= 11 is 0. The van der Waals surface area contributed by atoms with E-state index in [-0.39, 0.29) is 24.4 Å². The van der Waals surface area contributed by atoms with Gasteiger partial charge in [0, 0.05) is 12.0 Å². The lowest BCUT2D eigenvalue weighted by Gasteiger charge is -2.32. The second-order valence-electron chi connectivity index (χ2n) is 7.28. The van der Waals surface area contributed by atoms with Crippen molar-refractivity contribution in [3.63, 3.8) is 0 Å². The third kappa shape index (κ3) is 5.51. The molecule has 24 heavy (non-hydrogen) atoms. The molecule has 1 atom stereocenters. The average Bonchev–Trinajstić information content (AvgIpc) is 2.92. The number of nitrogens with one attached hydrogen (secondary N) is 1. The van der Waals surface area contributed by atoms with Gasteiger partial charge in [-0.15, -0.1) is 0 Å². The first kappa shape index (κ1) is 18.8. The molecule has 1 aromatic heterocycles. The fourth-order valence-electron chi connectivity index (χ4n) is 2.71. The van der Waals surface area contributed by atoms with Gasteiger partial charge in [0.2, 0.25) is 11.8 Å². The molecule has 0 radical (unpaired) electrons. The molecule has 0 bridgehead atoms. The molecule has 2 rings (SSSR count). The van der Waals surface area contributed by atoms with Crippen LogP contribution >= 0.6 is 0 Å². The number of carbonyl (C=O) groups is 1. The lowest BCUT2D eigenvalue weighted by atomic mass is 9.94. The van der Waals surface area contributed by atoms with E-state index in [0.29, 0.717) is 25.3 Å². The zero-order chi connectivity index (χ0) is 18.0. The third-order valence-corrected chi connectivity index (χ3v) is 3.99. The summed E-state index contributed by atoms with van der Waals surface area (Å²) in [6.45, 7) is 5.66. The molecule has 1 fully saturated rings. The van der Waals surface area contributed by atoms with Crippen molar-refractivity contribution >= 4 is 5.91 Å². The van der Waals surface area contributed by atoms with Crippen LogP contribution in [0.1, 0.15) is 45.3 Å². The maximum Gasteiger partial charge on any atom is 0.401 e. The molecule has 0 aliphatic carbocycles. The van der Waals surface area contributed by atoms with Crippen LogP contribution < -0.4 is 5.32 Å². The van der Waals surface area contributed by atoms with Gasteiger partial charge in [0.25, 0.3) is 0 Å². The molecular formula is C16H24F3N3O2. The Balaban J connectivity index is 1.85. The molecule has 1 saturated heterocycles. The molecule has 1 amide bonds. The van der Waals surface area contributed by atoms with Crippen LogP contribution in [0.15, 0.2) is 10.6 Å². The van der Waals surface area contributed by atoms with E-state index in [1.165, 1.54) is 4.90 Å². The predicted molar refractivity (Wildman–Crippen MR) is 82.3 cm³/mol. The molecular weight excluding hydrogens is 323 g/mol. The van der Waals surface area contributed by atoms with Crippen LogP contribution in [-0.4, -0.2) is 41.6 Å². The first-order valence-corrected chi connectivity index (χ1v) is 8.06. The van der Waals surface area contributed by atoms with Crippen LogP contribution in [-0.2, 0) is 16.8 Å². The Labute approximate surface area is 139 Å². The highest BCUT2D eigenvalue weighted by atomic mass is 19.4. The first-order valence-electron chi connectivity index (χ1n) is 8.06. The lowest BCUT2D eigenvalue weighted by Crippen LogP contribution is -2.45. The van der Waals surface area contributed by atoms with Crippen molar-refractivity contribution in [2.75, 3.05) is 19.6 Å². The van der Waals surface area contributed by atoms with Gasteiger partial charge in [-0.25, -0.2) is 4.98 Å². The number of likely N-dealkylation sites (tertiary alicyclic amines) is 1. The largest absolute Gasteiger partial charge is 0.443 e. The summed E-state index contributed by atoms with van der Waals surface area (Å²) in [4.78, 5) is 17.6. The Morgan fingerprint density at radius 2 is 2.12 bits per heavy atom. The maximum absolute atomic E-state index is 12.5. The molecule has 1 aliphatic heterocycles. The van der Waals surface area contributed by atoms with Gasteiger partial charge in [-0.2, -0.15) is 13.2 Å². The van der Waals surface area contributed by atoms with Crippen molar-refractivity contribution in [1.82, 2.24) is 15.2 Å². The molecule has 2 heterocycles. The van der Waals surface area contributed by atoms with Crippen LogP contribution in [0.3, 0.4) is 0 Å². The molecule has 1 N–H and O–H groups in total. The van der Waals surface area contributed by atoms with Crippen LogP contribution in [0.5, 0.6) is 0 Å². The van der Waals surface area contributed by atoms with Gasteiger partial charge in [-0.1, -0.05) is 20.8 Å². The predicted octanol–water partition coefficient (Wildman–Crippen LogP) is 2.86. The van der Waals surface area contributed by atoms with Crippen molar-refractivity contribution in [3.8, 4) is 0 Å². The first-order chi connectivity index (χ1) is 11.0. The Morgan fingerprint density at radius 1 is 1.42 bits per heavy atom. The van der Waals surface area contributed by atoms with E-state index in [1.54, 1.807) is 6.20 Å². The molecule has 0 saturated carbocycles. The van der Waals surface area contributed by atoms with E-state index in [1.807, 2.05) is 20.8 Å². The molecule has 8 heteroatoms. The van der Waals surface area contributed by atoms with E-state index in [4.69, 9.17) is 4.42 Å². The second-order valence-corrected chi connectivity index (χ2v) is 7.28. The number of rotatable bonds is 4. The van der Waals surface area contributed by atoms with Gasteiger partial charge in [0.05, 0.1) is 25.2 Å². The van der Waals surface area contributed by atoms with E-state index >= 15 is 0 Å². The number of hydrogen-bond acceptors (Lipinski definition) is 4. The highest BCUT2D eigenvalue weighted by molar-refractivity contribution is 5.78. The Morgan fingerprint density at radius 3 is 2.71 bits per heavy atom. The number of hydrogen-bond donors (Lipinski definition) is 1. The lowest BCUT2D eigenvalue weighted by molar-refractivity contribution is -0.152. The van der Waals surface area contributed by atoms with Crippen molar-refractivity contribution in [2.24, 2.45) is 5.92 Å². The molecule has 0 spiro atoms. The van der Waals surface area contributed by atoms with E-state index in [0.717, 1.165) is 5.76 Å². The van der Waals surface area contributed by atoms with Crippen LogP contribution in [0, 0.1) is 5.92 Å². The normalized spacial score (nSPS) is 20.2. The van der Waals surface area contributed by atoms with Crippen molar-refractivity contribution in [2.45, 2.75) is 51.7 Å². The average molecular weight is 347 g/mol. The highest BCUT2D eigenvalue weighted by Crippen LogP contribution is 2.24. The highest BCUT2D eigenvalue weighted by Gasteiger charge is 2.34. The van der Waals surface area contributed by atoms with E-state index < -0.39 is 18.6 Å². The third-order valence-electron chi connectivity index (χ3n) is 3.99. The van der Waals surface area contributed by atoms with Crippen LogP contribution in [0.25, 0.3) is 0 Å². The summed E-state index contributed by atoms with van der Waals surface area (Å²) in [5.74, 6) is 0.438. The fourth-order valence-corrected chi connectivity index (χ4v) is 2.71. The van der Waals surface area contributed by atoms with Crippen molar-refractivity contribution in [3.05, 3.63) is 17.8 Å². The number of alkyl halides is 3. The number of amides is 1. The summed E-state index contributed by atoms with van der Waals surface area (Å²) in [6.07, 6.45) is -1.42. The number of aromatic nitrogens is 1. The quantitative estimate of drug-likeness (QED) is 0.910. The number of piperidine rings is 1. The zero-order valence-corrected chi connectivity index (χ0v) is 14.2. The second kappa shape index (κ2) is 7.13. The van der Waals surface area contributed by atoms with Crippen LogP contribution in [0.4, 0.5) is 13.2 Å². The minimum absolute atomic E-state index is 0.129. The van der Waals surface area contributed by atoms with Gasteiger partial charge in [0.15, 0.2) is 0 Å². The molecule has 5 nitrogen and oxygen atoms in total. The molecule has 1 aliphatic rings. The number of nitrogens with zero attached hydrogens (tertiary/aromatic N) is 2. The smallest absolute Gasteiger partial charge is 0.401 e. The van der Waals surface area contributed by atoms with Crippen molar-refractivity contribution in [1.29, 1.82) is 0 Å². The summed E-state index contributed by atoms with van der Waals surface area (Å²) in [7, 11) is 0. The van der Waals surface area contributed by atoms with Gasteiger partial charge >= 0.3 is 6.18 Å². The summed E-state index contributed by atoms with van der Waals surface area (Å²) < 4.78 is 43.0. The number of halogens is 3.